The molecule has 132 heavy (non-hydrogen) atoms. The van der Waals surface area contributed by atoms with Gasteiger partial charge in [-0.05, 0) is 139 Å². The fraction of sp³-hybridized carbons (Fsp3) is 0.0268. The maximum absolute atomic E-state index is 6.94. The molecule has 0 N–H and O–H groups in total. The average molecular weight is 1690 g/mol. The van der Waals surface area contributed by atoms with E-state index in [2.05, 4.69) is 347 Å². The molecule has 20 heteroatoms. The Morgan fingerprint density at radius 3 is 0.712 bits per heavy atom. The summed E-state index contributed by atoms with van der Waals surface area (Å²) < 4.78 is 50.9. The lowest BCUT2D eigenvalue weighted by Crippen LogP contribution is -2.72. The molecular weight excluding hydrogens is 1630 g/mol. The van der Waals surface area contributed by atoms with Crippen LogP contribution in [0.4, 0.5) is 0 Å². The van der Waals surface area contributed by atoms with E-state index in [9.17, 15) is 0 Å². The number of para-hydroxylation sites is 8. The first-order valence-electron chi connectivity index (χ1n) is 44.9. The lowest BCUT2D eigenvalue weighted by molar-refractivity contribution is -0.924. The third kappa shape index (κ3) is 6.28. The van der Waals surface area contributed by atoms with Crippen LogP contribution >= 0.6 is 0 Å². The van der Waals surface area contributed by atoms with Gasteiger partial charge in [-0.2, -0.15) is 49.4 Å². The lowest BCUT2D eigenvalue weighted by atomic mass is 9.85. The normalized spacial score (nSPS) is 16.6. The summed E-state index contributed by atoms with van der Waals surface area (Å²) >= 11 is 0. The molecule has 3 spiro atoms. The van der Waals surface area contributed by atoms with E-state index in [-0.39, 0.29) is 0 Å². The Morgan fingerprint density at radius 1 is 0.189 bits per heavy atom. The average Bonchev–Trinajstić information content (AvgIpc) is 1.46. The molecule has 2 unspecified atom stereocenters. The molecule has 0 fully saturated rings. The number of aromatic nitrogens is 17. The van der Waals surface area contributed by atoms with Gasteiger partial charge in [0.15, 0.2) is 60.7 Å². The Morgan fingerprint density at radius 2 is 0.417 bits per heavy atom. The highest BCUT2D eigenvalue weighted by atomic mass is 16.5. The van der Waals surface area contributed by atoms with Crippen molar-refractivity contribution in [2.75, 3.05) is 0 Å². The summed E-state index contributed by atoms with van der Waals surface area (Å²) in [6.07, 6.45) is 17.7. The molecule has 0 saturated heterocycles. The van der Waals surface area contributed by atoms with Gasteiger partial charge in [-0.15, -0.1) is 4.98 Å². The van der Waals surface area contributed by atoms with E-state index in [1.54, 1.807) is 0 Å². The Balaban J connectivity index is 0.0000000844. The predicted molar refractivity (Wildman–Crippen MR) is 505 cm³/mol. The third-order valence-electron chi connectivity index (χ3n) is 31.8. The zero-order chi connectivity index (χ0) is 84.2. The summed E-state index contributed by atoms with van der Waals surface area (Å²) in [5.74, 6) is 5.42. The van der Waals surface area contributed by atoms with Crippen LogP contribution in [0, 0.1) is 0 Å². The topological polar surface area (TPSA) is 142 Å². The minimum atomic E-state index is -0.753. The van der Waals surface area contributed by atoms with Crippen LogP contribution in [0.2, 0.25) is 0 Å². The van der Waals surface area contributed by atoms with Crippen molar-refractivity contribution in [1.82, 2.24) is 51.3 Å². The Kier molecular flexibility index (Phi) is 10.1. The van der Waals surface area contributed by atoms with E-state index in [1.807, 2.05) is 61.8 Å². The van der Waals surface area contributed by atoms with Crippen LogP contribution in [-0.2, 0) is 17.0 Å². The Hall–Kier alpha value is -18.2. The molecule has 20 nitrogen and oxygen atoms in total. The zero-order valence-corrected chi connectivity index (χ0v) is 69.1. The first-order valence-corrected chi connectivity index (χ1v) is 44.9. The summed E-state index contributed by atoms with van der Waals surface area (Å²) in [4.78, 5) is 23.7. The molecule has 13 aromatic carbocycles. The van der Waals surface area contributed by atoms with Gasteiger partial charge in [-0.1, -0.05) is 121 Å². The number of imidazole rings is 6. The van der Waals surface area contributed by atoms with Crippen LogP contribution in [0.15, 0.2) is 335 Å². The van der Waals surface area contributed by atoms with E-state index in [0.29, 0.717) is 0 Å². The predicted octanol–water partition coefficient (Wildman–Crippen LogP) is 20.1. The molecule has 17 aromatic heterocycles. The first-order chi connectivity index (χ1) is 65.6. The molecule has 9 aliphatic heterocycles. The van der Waals surface area contributed by atoms with E-state index in [0.717, 1.165) is 107 Å². The highest BCUT2D eigenvalue weighted by Crippen LogP contribution is 2.64. The van der Waals surface area contributed by atoms with Crippen LogP contribution in [0.5, 0.6) is 34.5 Å². The number of fused-ring (bicyclic) bond motifs is 36. The van der Waals surface area contributed by atoms with Crippen molar-refractivity contribution >= 4 is 230 Å². The van der Waals surface area contributed by atoms with Gasteiger partial charge in [-0.25, -0.2) is 4.40 Å². The summed E-state index contributed by atoms with van der Waals surface area (Å²) in [5, 5.41) is 22.1. The Labute approximate surface area is 738 Å². The molecule has 0 radical (unpaired) electrons. The van der Waals surface area contributed by atoms with Crippen LogP contribution in [0.3, 0.4) is 0 Å². The summed E-state index contributed by atoms with van der Waals surface area (Å²) in [5.41, 5.74) is 32.5. The Bertz CT molecular complexity index is 9660. The molecule has 26 heterocycles. The molecule has 30 aromatic rings. The molecule has 0 bridgehead atoms. The zero-order valence-electron chi connectivity index (χ0n) is 69.1. The maximum atomic E-state index is 6.94. The van der Waals surface area contributed by atoms with E-state index < -0.39 is 17.0 Å². The lowest BCUT2D eigenvalue weighted by Gasteiger charge is -2.31. The van der Waals surface area contributed by atoms with Crippen LogP contribution in [0.25, 0.3) is 230 Å². The van der Waals surface area contributed by atoms with Gasteiger partial charge in [0.05, 0.1) is 62.7 Å². The van der Waals surface area contributed by atoms with Gasteiger partial charge in [0.25, 0.3) is 11.3 Å². The standard InChI is InChI=1S/C38H19N5O.2C37H18N6O/c1-3-9-24-20(7-1)22-13-15-30-34-32(22)36-40(24)26-11-5-6-12-27(26)42(36)38(34)35-31(44-30)16-14-23-21-8-2-4-10-25(21)41-29-19-39-18-17-28(29)43(38)37(41)33(23)35;1-3-8-23-19(6-1)22-12-14-29-33-31(22)36-40(23)26-10-5-16-39-34(26)43(36)37(33)32-28(44-29)13-11-21-20-7-2-4-9-24(20)41-27-18-38-17-15-25(27)42(37)35(41)30(21)32;1-3-7-23-19(5-1)21-9-11-29-33-31(21)35-40(23)27-17-38-15-13-25(27)42(35)37(33)34-30(44-29)12-10-22-20-6-2-4-8-24(20)41-28-18-39-16-14-26(28)43(37)36(41)32(22)34/h1-19H;2*1-18H/q3*+2. The van der Waals surface area contributed by atoms with Gasteiger partial charge in [0, 0.05) is 108 Å². The van der Waals surface area contributed by atoms with Gasteiger partial charge in [-0.3, -0.25) is 19.9 Å². The highest BCUT2D eigenvalue weighted by molar-refractivity contribution is 6.25. The van der Waals surface area contributed by atoms with Crippen molar-refractivity contribution in [1.29, 1.82) is 0 Å². The third-order valence-corrected chi connectivity index (χ3v) is 31.8. The number of rotatable bonds is 0. The molecule has 600 valence electrons. The van der Waals surface area contributed by atoms with Crippen molar-refractivity contribution in [2.24, 2.45) is 0 Å². The molecule has 0 saturated carbocycles. The number of nitrogens with zero attached hydrogens (tertiary/aromatic N) is 17. The summed E-state index contributed by atoms with van der Waals surface area (Å²) in [6.45, 7) is 0. The summed E-state index contributed by atoms with van der Waals surface area (Å²) in [6, 6.07) is 101. The van der Waals surface area contributed by atoms with Crippen molar-refractivity contribution in [3.05, 3.63) is 368 Å². The van der Waals surface area contributed by atoms with Crippen LogP contribution in [0.1, 0.15) is 33.4 Å². The van der Waals surface area contributed by atoms with Crippen LogP contribution < -0.4 is 41.6 Å². The van der Waals surface area contributed by atoms with E-state index in [4.69, 9.17) is 19.2 Å². The maximum Gasteiger partial charge on any atom is 0.316 e. The number of hydrogen-bond donors (Lipinski definition) is 0. The molecule has 39 rings (SSSR count). The number of pyridine rings is 11. The fourth-order valence-electron chi connectivity index (χ4n) is 27.8. The molecule has 2 atom stereocenters. The highest BCUT2D eigenvalue weighted by Gasteiger charge is 2.71. The van der Waals surface area contributed by atoms with Crippen molar-refractivity contribution in [2.45, 2.75) is 17.0 Å². The van der Waals surface area contributed by atoms with Gasteiger partial charge in [0.1, 0.15) is 102 Å². The van der Waals surface area contributed by atoms with E-state index in [1.165, 1.54) is 192 Å². The second kappa shape index (κ2) is 20.7. The van der Waals surface area contributed by atoms with Crippen molar-refractivity contribution < 1.29 is 41.6 Å². The van der Waals surface area contributed by atoms with Gasteiger partial charge < -0.3 is 14.2 Å². The van der Waals surface area contributed by atoms with Crippen molar-refractivity contribution in [3.8, 4) is 34.5 Å². The molecular formula is C112H55N17O3+6. The number of ether oxygens (including phenoxy) is 3. The smallest absolute Gasteiger partial charge is 0.316 e. The largest absolute Gasteiger partial charge is 0.456 e. The second-order valence-electron chi connectivity index (χ2n) is 36.9. The first kappa shape index (κ1) is 64.6. The SMILES string of the molecule is c1ccc2c(c1)c1ccc3c4c1c1n2c2ccccc2[n+]1C41c2c(ccc4c5ccccc5n5c6cnccc6[n+]1c5c24)O3.c1ccc2c(c1)c1ccc3c4c1c1n2c2cnccc2[n+]1C41c2c(ccc4c5ccccc5n5c6cccnc6[n+]1c5c24)O3.c1ccc2c(c1)c1ccc3c4c1c1n2c2cnccc2[n+]1C41c2c(ccc4c5ccccc5n5c6cnccc6[n+]1c5c24)O3. The quantitative estimate of drug-likeness (QED) is 0.108. The van der Waals surface area contributed by atoms with Gasteiger partial charge in [0.2, 0.25) is 5.65 Å². The van der Waals surface area contributed by atoms with Gasteiger partial charge >= 0.3 is 39.6 Å². The van der Waals surface area contributed by atoms with Crippen LogP contribution in [-0.4, -0.2) is 51.3 Å². The molecule has 9 aliphatic rings. The second-order valence-corrected chi connectivity index (χ2v) is 36.9. The number of benzene rings is 13. The summed E-state index contributed by atoms with van der Waals surface area (Å²) in [7, 11) is 0. The monoisotopic (exact) mass is 1690 g/mol. The van der Waals surface area contributed by atoms with Crippen molar-refractivity contribution in [3.63, 3.8) is 0 Å². The molecule has 0 aliphatic carbocycles. The minimum Gasteiger partial charge on any atom is -0.456 e. The minimum absolute atomic E-state index is 0.690. The molecule has 0 amide bonds. The number of hydrogen-bond acceptors (Lipinski definition) is 8. The van der Waals surface area contributed by atoms with E-state index >= 15 is 0 Å². The fourth-order valence-corrected chi connectivity index (χ4v) is 27.8.